The van der Waals surface area contributed by atoms with Gasteiger partial charge < -0.3 is 15.3 Å². The van der Waals surface area contributed by atoms with Crippen molar-refractivity contribution < 1.29 is 14.7 Å². The topological polar surface area (TPSA) is 69.6 Å². The molecule has 0 atom stereocenters. The molecule has 0 saturated heterocycles. The van der Waals surface area contributed by atoms with Crippen molar-refractivity contribution in [2.45, 2.75) is 51.4 Å². The summed E-state index contributed by atoms with van der Waals surface area (Å²) in [6, 6.07) is 7.82. The van der Waals surface area contributed by atoms with Crippen LogP contribution in [-0.4, -0.2) is 36.6 Å². The van der Waals surface area contributed by atoms with Gasteiger partial charge in [-0.05, 0) is 24.5 Å². The molecule has 1 heterocycles. The minimum absolute atomic E-state index is 0.0170. The van der Waals surface area contributed by atoms with E-state index in [0.29, 0.717) is 13.0 Å². The molecule has 0 unspecified atom stereocenters. The molecule has 2 aliphatic rings. The first-order valence-electron chi connectivity index (χ1n) is 9.14. The van der Waals surface area contributed by atoms with Gasteiger partial charge in [-0.2, -0.15) is 0 Å². The van der Waals surface area contributed by atoms with E-state index >= 15 is 0 Å². The summed E-state index contributed by atoms with van der Waals surface area (Å²) in [4.78, 5) is 26.6. The average molecular weight is 344 g/mol. The molecule has 5 nitrogen and oxygen atoms in total. The molecule has 0 radical (unpaired) electrons. The van der Waals surface area contributed by atoms with Gasteiger partial charge in [-0.25, -0.2) is 0 Å². The standard InChI is InChI=1S/C20H28N2O3/c1-19(2)11-18(25)22(16-8-4-3-7-15(16)19)12-17(24)21-13-20(14-23)9-5-6-10-20/h3-4,7-8,23H,5-6,9-14H2,1-2H3,(H,21,24). The average Bonchev–Trinajstić information content (AvgIpc) is 3.06. The van der Waals surface area contributed by atoms with Crippen LogP contribution in [0.15, 0.2) is 24.3 Å². The van der Waals surface area contributed by atoms with Crippen molar-refractivity contribution >= 4 is 17.5 Å². The fourth-order valence-electron chi connectivity index (χ4n) is 4.16. The fraction of sp³-hybridized carbons (Fsp3) is 0.600. The van der Waals surface area contributed by atoms with Crippen molar-refractivity contribution in [3.8, 4) is 0 Å². The van der Waals surface area contributed by atoms with E-state index in [0.717, 1.165) is 36.9 Å². The maximum Gasteiger partial charge on any atom is 0.240 e. The van der Waals surface area contributed by atoms with Gasteiger partial charge in [0.25, 0.3) is 0 Å². The molecule has 1 aliphatic carbocycles. The number of aliphatic hydroxyl groups excluding tert-OH is 1. The number of nitrogens with one attached hydrogen (secondary N) is 1. The van der Waals surface area contributed by atoms with Gasteiger partial charge in [-0.15, -0.1) is 0 Å². The zero-order valence-electron chi connectivity index (χ0n) is 15.2. The van der Waals surface area contributed by atoms with Gasteiger partial charge >= 0.3 is 0 Å². The van der Waals surface area contributed by atoms with E-state index in [1.807, 2.05) is 24.3 Å². The fourth-order valence-corrected chi connectivity index (χ4v) is 4.16. The predicted molar refractivity (Wildman–Crippen MR) is 97.4 cm³/mol. The molecule has 3 rings (SSSR count). The highest BCUT2D eigenvalue weighted by atomic mass is 16.3. The first kappa shape index (κ1) is 17.9. The molecule has 0 bridgehead atoms. The number of carbonyl (C=O) groups excluding carboxylic acids is 2. The van der Waals surface area contributed by atoms with Crippen LogP contribution >= 0.6 is 0 Å². The lowest BCUT2D eigenvalue weighted by molar-refractivity contribution is -0.125. The second-order valence-corrected chi connectivity index (χ2v) is 8.20. The Bertz CT molecular complexity index is 663. The van der Waals surface area contributed by atoms with Crippen LogP contribution in [0.1, 0.15) is 51.5 Å². The maximum atomic E-state index is 12.6. The summed E-state index contributed by atoms with van der Waals surface area (Å²) in [5.41, 5.74) is 1.54. The molecule has 5 heteroatoms. The molecule has 0 spiro atoms. The van der Waals surface area contributed by atoms with Crippen LogP contribution in [0, 0.1) is 5.41 Å². The third kappa shape index (κ3) is 3.56. The Morgan fingerprint density at radius 2 is 1.92 bits per heavy atom. The number of para-hydroxylation sites is 1. The minimum Gasteiger partial charge on any atom is -0.396 e. The molecule has 1 saturated carbocycles. The van der Waals surface area contributed by atoms with Crippen LogP contribution in [0.3, 0.4) is 0 Å². The molecule has 1 aromatic rings. The smallest absolute Gasteiger partial charge is 0.240 e. The summed E-state index contributed by atoms with van der Waals surface area (Å²) in [6.07, 6.45) is 4.50. The van der Waals surface area contributed by atoms with Gasteiger partial charge in [0.15, 0.2) is 0 Å². The molecule has 1 fully saturated rings. The number of fused-ring (bicyclic) bond motifs is 1. The largest absolute Gasteiger partial charge is 0.396 e. The number of aliphatic hydroxyl groups is 1. The van der Waals surface area contributed by atoms with Crippen molar-refractivity contribution in [1.82, 2.24) is 5.32 Å². The van der Waals surface area contributed by atoms with Crippen LogP contribution in [-0.2, 0) is 15.0 Å². The normalized spacial score (nSPS) is 21.1. The lowest BCUT2D eigenvalue weighted by atomic mass is 9.77. The van der Waals surface area contributed by atoms with E-state index in [4.69, 9.17) is 0 Å². The number of rotatable bonds is 5. The molecular formula is C20H28N2O3. The van der Waals surface area contributed by atoms with Crippen LogP contribution in [0.2, 0.25) is 0 Å². The van der Waals surface area contributed by atoms with E-state index in [2.05, 4.69) is 19.2 Å². The highest BCUT2D eigenvalue weighted by molar-refractivity contribution is 6.02. The van der Waals surface area contributed by atoms with E-state index in [-0.39, 0.29) is 35.8 Å². The van der Waals surface area contributed by atoms with Gasteiger partial charge in [-0.3, -0.25) is 9.59 Å². The van der Waals surface area contributed by atoms with Crippen molar-refractivity contribution in [2.24, 2.45) is 5.41 Å². The first-order valence-corrected chi connectivity index (χ1v) is 9.14. The molecule has 136 valence electrons. The summed E-state index contributed by atoms with van der Waals surface area (Å²) in [7, 11) is 0. The van der Waals surface area contributed by atoms with Gasteiger partial charge in [0.1, 0.15) is 6.54 Å². The van der Waals surface area contributed by atoms with Gasteiger partial charge in [0.2, 0.25) is 11.8 Å². The SMILES string of the molecule is CC1(C)CC(=O)N(CC(=O)NCC2(CO)CCCC2)c2ccccc21. The van der Waals surface area contributed by atoms with Crippen LogP contribution in [0.25, 0.3) is 0 Å². The third-order valence-electron chi connectivity index (χ3n) is 5.78. The Labute approximate surface area is 149 Å². The van der Waals surface area contributed by atoms with Gasteiger partial charge in [0.05, 0.1) is 6.61 Å². The zero-order valence-corrected chi connectivity index (χ0v) is 15.2. The summed E-state index contributed by atoms with van der Waals surface area (Å²) in [6.45, 7) is 4.75. The zero-order chi connectivity index (χ0) is 18.1. The Morgan fingerprint density at radius 1 is 1.24 bits per heavy atom. The maximum absolute atomic E-state index is 12.6. The van der Waals surface area contributed by atoms with Crippen molar-refractivity contribution in [2.75, 3.05) is 24.6 Å². The third-order valence-corrected chi connectivity index (χ3v) is 5.78. The molecule has 2 amide bonds. The molecular weight excluding hydrogens is 316 g/mol. The first-order chi connectivity index (χ1) is 11.9. The van der Waals surface area contributed by atoms with E-state index in [9.17, 15) is 14.7 Å². The van der Waals surface area contributed by atoms with E-state index < -0.39 is 0 Å². The molecule has 1 aromatic carbocycles. The Morgan fingerprint density at radius 3 is 2.60 bits per heavy atom. The summed E-state index contributed by atoms with van der Waals surface area (Å²) < 4.78 is 0. The number of anilines is 1. The van der Waals surface area contributed by atoms with Crippen LogP contribution in [0.5, 0.6) is 0 Å². The van der Waals surface area contributed by atoms with Gasteiger partial charge in [-0.1, -0.05) is 44.9 Å². The number of carbonyl (C=O) groups is 2. The monoisotopic (exact) mass is 344 g/mol. The summed E-state index contributed by atoms with van der Waals surface area (Å²) in [5.74, 6) is -0.181. The highest BCUT2D eigenvalue weighted by Gasteiger charge is 2.38. The van der Waals surface area contributed by atoms with Crippen LogP contribution in [0.4, 0.5) is 5.69 Å². The van der Waals surface area contributed by atoms with E-state index in [1.54, 1.807) is 4.90 Å². The Kier molecular flexibility index (Phi) is 4.87. The lowest BCUT2D eigenvalue weighted by Crippen LogP contribution is -2.48. The molecule has 1 aliphatic heterocycles. The summed E-state index contributed by atoms with van der Waals surface area (Å²) >= 11 is 0. The van der Waals surface area contributed by atoms with Crippen molar-refractivity contribution in [1.29, 1.82) is 0 Å². The number of hydrogen-bond donors (Lipinski definition) is 2. The molecule has 0 aromatic heterocycles. The quantitative estimate of drug-likeness (QED) is 0.861. The second-order valence-electron chi connectivity index (χ2n) is 8.20. The predicted octanol–water partition coefficient (Wildman–Crippen LogP) is 2.37. The number of nitrogens with zero attached hydrogens (tertiary/aromatic N) is 1. The highest BCUT2D eigenvalue weighted by Crippen LogP contribution is 2.40. The Hall–Kier alpha value is -1.88. The molecule has 2 N–H and O–H groups in total. The number of hydrogen-bond acceptors (Lipinski definition) is 3. The number of amides is 2. The van der Waals surface area contributed by atoms with Crippen molar-refractivity contribution in [3.05, 3.63) is 29.8 Å². The lowest BCUT2D eigenvalue weighted by Gasteiger charge is -2.38. The van der Waals surface area contributed by atoms with Crippen LogP contribution < -0.4 is 10.2 Å². The number of benzene rings is 1. The Balaban J connectivity index is 1.69. The van der Waals surface area contributed by atoms with Gasteiger partial charge in [0, 0.05) is 29.5 Å². The minimum atomic E-state index is -0.217. The van der Waals surface area contributed by atoms with Crippen molar-refractivity contribution in [3.63, 3.8) is 0 Å². The summed E-state index contributed by atoms with van der Waals surface area (Å²) in [5, 5.41) is 12.6. The van der Waals surface area contributed by atoms with E-state index in [1.165, 1.54) is 0 Å². The molecule has 25 heavy (non-hydrogen) atoms. The second kappa shape index (κ2) is 6.79.